The van der Waals surface area contributed by atoms with Gasteiger partial charge in [0.1, 0.15) is 17.3 Å². The Kier molecular flexibility index (Phi) is 7.00. The van der Waals surface area contributed by atoms with Gasteiger partial charge >= 0.3 is 6.18 Å². The second-order valence-corrected chi connectivity index (χ2v) is 10.1. The maximum atomic E-state index is 13.9. The summed E-state index contributed by atoms with van der Waals surface area (Å²) < 4.78 is 66.6. The van der Waals surface area contributed by atoms with Crippen LogP contribution in [-0.2, 0) is 11.6 Å². The molecule has 1 spiro atoms. The van der Waals surface area contributed by atoms with Gasteiger partial charge in [-0.05, 0) is 74.0 Å². The number of nitrogens with zero attached hydrogens (tertiary/aromatic N) is 3. The molecule has 2 aliphatic heterocycles. The molecule has 1 fully saturated rings. The molecule has 1 aromatic heterocycles. The minimum Gasteiger partial charge on any atom is -0.307 e. The zero-order valence-corrected chi connectivity index (χ0v) is 20.9. The number of likely N-dealkylation sites (tertiary alicyclic amines) is 1. The van der Waals surface area contributed by atoms with E-state index < -0.39 is 29.4 Å². The van der Waals surface area contributed by atoms with Crippen molar-refractivity contribution in [2.24, 2.45) is 0 Å². The first-order chi connectivity index (χ1) is 18.1. The van der Waals surface area contributed by atoms with E-state index in [0.29, 0.717) is 55.3 Å². The van der Waals surface area contributed by atoms with Crippen molar-refractivity contribution in [3.8, 4) is 0 Å². The van der Waals surface area contributed by atoms with E-state index in [9.17, 15) is 26.7 Å². The quantitative estimate of drug-likeness (QED) is 0.339. The van der Waals surface area contributed by atoms with Gasteiger partial charge in [-0.15, -0.1) is 0 Å². The highest BCUT2D eigenvalue weighted by atomic mass is 35.5. The van der Waals surface area contributed by atoms with Gasteiger partial charge < -0.3 is 4.90 Å². The first-order valence-corrected chi connectivity index (χ1v) is 12.4. The number of benzene rings is 2. The van der Waals surface area contributed by atoms with Crippen molar-refractivity contribution in [3.63, 3.8) is 0 Å². The Balaban J connectivity index is 1.33. The number of hydrogen-bond acceptors (Lipinski definition) is 3. The molecule has 5 rings (SSSR count). The van der Waals surface area contributed by atoms with Crippen LogP contribution in [0.2, 0.25) is 5.02 Å². The Labute approximate surface area is 221 Å². The molecule has 0 radical (unpaired) electrons. The number of rotatable bonds is 4. The van der Waals surface area contributed by atoms with Crippen LogP contribution in [0, 0.1) is 11.6 Å². The number of fused-ring (bicyclic) bond motifs is 2. The average Bonchev–Trinajstić information content (AvgIpc) is 3.18. The van der Waals surface area contributed by atoms with Gasteiger partial charge in [0.05, 0.1) is 0 Å². The van der Waals surface area contributed by atoms with Gasteiger partial charge in [0.15, 0.2) is 0 Å². The van der Waals surface area contributed by atoms with Crippen LogP contribution in [0.1, 0.15) is 40.0 Å². The maximum Gasteiger partial charge on any atom is 0.433 e. The minimum absolute atomic E-state index is 0.0825. The van der Waals surface area contributed by atoms with Crippen molar-refractivity contribution < 1.29 is 26.7 Å². The molecule has 0 unspecified atom stereocenters. The predicted octanol–water partition coefficient (Wildman–Crippen LogP) is 6.74. The second-order valence-electron chi connectivity index (χ2n) is 9.63. The van der Waals surface area contributed by atoms with Gasteiger partial charge in [0.2, 0.25) is 0 Å². The summed E-state index contributed by atoms with van der Waals surface area (Å²) in [5.41, 5.74) is 0.269. The molecule has 0 bridgehead atoms. The molecule has 1 amide bonds. The molecule has 2 aromatic carbocycles. The van der Waals surface area contributed by atoms with Crippen LogP contribution in [0.4, 0.5) is 27.6 Å². The summed E-state index contributed by atoms with van der Waals surface area (Å²) in [6.07, 6.45) is 1.19. The third kappa shape index (κ3) is 5.17. The second kappa shape index (κ2) is 10.1. The fraction of sp³-hybridized carbons (Fsp3) is 0.286. The van der Waals surface area contributed by atoms with Crippen LogP contribution in [0.3, 0.4) is 0 Å². The van der Waals surface area contributed by atoms with E-state index in [1.165, 1.54) is 23.1 Å². The third-order valence-corrected chi connectivity index (χ3v) is 7.50. The van der Waals surface area contributed by atoms with Crippen molar-refractivity contribution in [2.75, 3.05) is 31.1 Å². The number of anilines is 1. The molecule has 38 heavy (non-hydrogen) atoms. The number of carbonyl (C=O) groups is 1. The lowest BCUT2D eigenvalue weighted by molar-refractivity contribution is -0.141. The maximum absolute atomic E-state index is 13.9. The van der Waals surface area contributed by atoms with Crippen molar-refractivity contribution in [1.82, 2.24) is 9.88 Å². The fourth-order valence-corrected chi connectivity index (χ4v) is 5.43. The third-order valence-electron chi connectivity index (χ3n) is 7.26. The van der Waals surface area contributed by atoms with Gasteiger partial charge in [-0.2, -0.15) is 13.2 Å². The predicted molar refractivity (Wildman–Crippen MR) is 135 cm³/mol. The van der Waals surface area contributed by atoms with E-state index in [1.807, 2.05) is 12.1 Å². The van der Waals surface area contributed by atoms with Crippen LogP contribution in [-0.4, -0.2) is 42.0 Å². The van der Waals surface area contributed by atoms with Crippen LogP contribution in [0.25, 0.3) is 6.08 Å². The van der Waals surface area contributed by atoms with E-state index in [1.54, 1.807) is 18.2 Å². The minimum atomic E-state index is -4.66. The number of alkyl halides is 3. The number of hydrogen-bond donors (Lipinski definition) is 0. The molecular formula is C28H23ClF5N3O. The normalized spacial score (nSPS) is 17.4. The number of amides is 1. The lowest BCUT2D eigenvalue weighted by Gasteiger charge is -2.39. The summed E-state index contributed by atoms with van der Waals surface area (Å²) in [5.74, 6) is -1.78. The summed E-state index contributed by atoms with van der Waals surface area (Å²) in [4.78, 5) is 20.5. The van der Waals surface area contributed by atoms with Gasteiger partial charge in [0.25, 0.3) is 5.91 Å². The van der Waals surface area contributed by atoms with E-state index in [0.717, 1.165) is 23.9 Å². The van der Waals surface area contributed by atoms with E-state index >= 15 is 0 Å². The Morgan fingerprint density at radius 1 is 1.05 bits per heavy atom. The first-order valence-electron chi connectivity index (χ1n) is 12.0. The number of halogens is 6. The Hall–Kier alpha value is -3.30. The summed E-state index contributed by atoms with van der Waals surface area (Å²) >= 11 is 6.31. The van der Waals surface area contributed by atoms with Crippen LogP contribution in [0.5, 0.6) is 0 Å². The van der Waals surface area contributed by atoms with Gasteiger partial charge in [-0.25, -0.2) is 8.78 Å². The summed E-state index contributed by atoms with van der Waals surface area (Å²) in [6, 6.07) is 10.8. The number of piperidine rings is 1. The first kappa shape index (κ1) is 26.3. The summed E-state index contributed by atoms with van der Waals surface area (Å²) in [7, 11) is 0. The fourth-order valence-electron chi connectivity index (χ4n) is 5.25. The highest BCUT2D eigenvalue weighted by Gasteiger charge is 2.46. The van der Waals surface area contributed by atoms with Crippen molar-refractivity contribution in [3.05, 3.63) is 99.8 Å². The lowest BCUT2D eigenvalue weighted by atomic mass is 9.74. The lowest BCUT2D eigenvalue weighted by Crippen LogP contribution is -2.46. The zero-order valence-electron chi connectivity index (χ0n) is 20.1. The van der Waals surface area contributed by atoms with Gasteiger partial charge in [-0.3, -0.25) is 14.7 Å². The Morgan fingerprint density at radius 3 is 2.53 bits per heavy atom. The molecule has 0 atom stereocenters. The average molecular weight is 548 g/mol. The Bertz CT molecular complexity index is 1400. The molecule has 0 N–H and O–H groups in total. The summed E-state index contributed by atoms with van der Waals surface area (Å²) in [6.45, 7) is 2.28. The highest BCUT2D eigenvalue weighted by molar-refractivity contribution is 6.30. The van der Waals surface area contributed by atoms with E-state index in [4.69, 9.17) is 11.6 Å². The van der Waals surface area contributed by atoms with Gasteiger partial charge in [0, 0.05) is 52.6 Å². The molecule has 0 aliphatic carbocycles. The van der Waals surface area contributed by atoms with E-state index in [2.05, 4.69) is 9.88 Å². The molecule has 2 aliphatic rings. The highest BCUT2D eigenvalue weighted by Crippen LogP contribution is 2.48. The van der Waals surface area contributed by atoms with Crippen molar-refractivity contribution in [1.29, 1.82) is 0 Å². The molecule has 1 saturated heterocycles. The Morgan fingerprint density at radius 2 is 1.82 bits per heavy atom. The zero-order chi connectivity index (χ0) is 27.1. The largest absolute Gasteiger partial charge is 0.433 e. The molecular weight excluding hydrogens is 525 g/mol. The number of aromatic nitrogens is 1. The standard InChI is InChI=1S/C28H23ClF5N3O/c29-20-4-6-24-22(15-20)27(17-37(24)26(38)19-7-10-35-25(14-19)28(32,33)34)8-12-36(13-9-27)11-1-2-18-3-5-21(30)16-23(18)31/h1-7,10,14-16H,8-9,11-13,17H2. The van der Waals surface area contributed by atoms with Crippen LogP contribution in [0.15, 0.2) is 60.8 Å². The summed E-state index contributed by atoms with van der Waals surface area (Å²) in [5, 5.41) is 0.521. The molecule has 10 heteroatoms. The van der Waals surface area contributed by atoms with E-state index in [-0.39, 0.29) is 11.0 Å². The number of pyridine rings is 1. The topological polar surface area (TPSA) is 36.4 Å². The van der Waals surface area contributed by atoms with Gasteiger partial charge in [-0.1, -0.05) is 23.8 Å². The molecule has 3 aromatic rings. The van der Waals surface area contributed by atoms with Crippen molar-refractivity contribution in [2.45, 2.75) is 24.4 Å². The molecule has 3 heterocycles. The molecule has 4 nitrogen and oxygen atoms in total. The SMILES string of the molecule is O=C(c1ccnc(C(F)(F)F)c1)N1CC2(CCN(CC=Cc3ccc(F)cc3F)CC2)c2cc(Cl)ccc21. The molecule has 198 valence electrons. The van der Waals surface area contributed by atoms with Crippen molar-refractivity contribution >= 4 is 29.3 Å². The smallest absolute Gasteiger partial charge is 0.307 e. The monoisotopic (exact) mass is 547 g/mol. The van der Waals surface area contributed by atoms with Crippen LogP contribution >= 0.6 is 11.6 Å². The molecule has 0 saturated carbocycles. The number of carbonyl (C=O) groups excluding carboxylic acids is 1. The van der Waals surface area contributed by atoms with Crippen LogP contribution < -0.4 is 4.90 Å².